The van der Waals surface area contributed by atoms with Gasteiger partial charge in [-0.25, -0.2) is 4.79 Å². The molecule has 1 aliphatic heterocycles. The predicted molar refractivity (Wildman–Crippen MR) is 105 cm³/mol. The smallest absolute Gasteiger partial charge is 0.328 e. The van der Waals surface area contributed by atoms with Crippen LogP contribution in [-0.4, -0.2) is 49.4 Å². The minimum absolute atomic E-state index is 0.0387. The quantitative estimate of drug-likeness (QED) is 0.452. The van der Waals surface area contributed by atoms with Crippen LogP contribution in [0.1, 0.15) is 12.0 Å². The number of amides is 1. The fraction of sp³-hybridized carbons (Fsp3) is 0.286. The summed E-state index contributed by atoms with van der Waals surface area (Å²) in [5, 5.41) is 7.44. The maximum Gasteiger partial charge on any atom is 0.328 e. The van der Waals surface area contributed by atoms with Crippen molar-refractivity contribution in [1.29, 1.82) is 5.41 Å². The van der Waals surface area contributed by atoms with Crippen molar-refractivity contribution in [2.75, 3.05) is 20.8 Å². The van der Waals surface area contributed by atoms with Crippen molar-refractivity contribution in [2.45, 2.75) is 12.5 Å². The maximum atomic E-state index is 12.3. The molecule has 0 aliphatic carbocycles. The predicted octanol–water partition coefficient (Wildman–Crippen LogP) is 2.04. The summed E-state index contributed by atoms with van der Waals surface area (Å²) in [7, 11) is 2.93. The number of nitrogens with one attached hydrogen (secondary N) is 1. The third-order valence-corrected chi connectivity index (χ3v) is 4.98. The van der Waals surface area contributed by atoms with E-state index in [0.717, 1.165) is 11.1 Å². The second kappa shape index (κ2) is 8.12. The highest BCUT2D eigenvalue weighted by Crippen LogP contribution is 2.27. The minimum atomic E-state index is -0.550. The maximum absolute atomic E-state index is 12.3. The number of esters is 1. The lowest BCUT2D eigenvalue weighted by atomic mass is 10.0. The lowest BCUT2D eigenvalue weighted by Gasteiger charge is -2.16. The van der Waals surface area contributed by atoms with Crippen molar-refractivity contribution < 1.29 is 19.1 Å². The number of rotatable bonds is 6. The first kappa shape index (κ1) is 19.4. The number of carbonyl (C=O) groups excluding carboxylic acids is 2. The van der Waals surface area contributed by atoms with Crippen molar-refractivity contribution in [1.82, 2.24) is 4.90 Å². The largest absolute Gasteiger partial charge is 0.493 e. The molecular weight excluding hydrogens is 358 g/mol. The van der Waals surface area contributed by atoms with Gasteiger partial charge in [-0.05, 0) is 29.7 Å². The SMILES string of the molecule is COC(=O)[C@@H]1C[C@@H](COc2ccc(-c3ccc(C(=N)N)cc3)cc2)C(=O)N1C. The second-order valence-corrected chi connectivity index (χ2v) is 6.75. The van der Waals surface area contributed by atoms with Gasteiger partial charge in [-0.3, -0.25) is 10.2 Å². The number of benzene rings is 2. The van der Waals surface area contributed by atoms with E-state index >= 15 is 0 Å². The Kier molecular flexibility index (Phi) is 5.63. The Labute approximate surface area is 163 Å². The fourth-order valence-corrected chi connectivity index (χ4v) is 3.28. The van der Waals surface area contributed by atoms with Crippen LogP contribution in [0, 0.1) is 11.3 Å². The van der Waals surface area contributed by atoms with E-state index in [1.54, 1.807) is 7.05 Å². The molecule has 3 rings (SSSR count). The van der Waals surface area contributed by atoms with E-state index in [0.29, 0.717) is 17.7 Å². The molecular formula is C21H23N3O4. The standard InChI is InChI=1S/C21H23N3O4/c1-24-18(21(26)27-2)11-16(20(24)25)12-28-17-9-7-14(8-10-17)13-3-5-15(6-4-13)19(22)23/h3-10,16,18H,11-12H2,1-2H3,(H3,22,23)/t16-,18-/m0/s1. The van der Waals surface area contributed by atoms with E-state index in [4.69, 9.17) is 20.6 Å². The molecule has 7 heteroatoms. The highest BCUT2D eigenvalue weighted by molar-refractivity contribution is 5.95. The molecule has 3 N–H and O–H groups in total. The van der Waals surface area contributed by atoms with Crippen molar-refractivity contribution in [3.63, 3.8) is 0 Å². The topological polar surface area (TPSA) is 106 Å². The van der Waals surface area contributed by atoms with Crippen LogP contribution >= 0.6 is 0 Å². The monoisotopic (exact) mass is 381 g/mol. The average molecular weight is 381 g/mol. The molecule has 0 radical (unpaired) electrons. The fourth-order valence-electron chi connectivity index (χ4n) is 3.28. The normalized spacial score (nSPS) is 18.8. The number of ether oxygens (including phenoxy) is 2. The molecule has 146 valence electrons. The van der Waals surface area contributed by atoms with Gasteiger partial charge in [0.25, 0.3) is 0 Å². The van der Waals surface area contributed by atoms with Crippen LogP contribution in [0.25, 0.3) is 11.1 Å². The van der Waals surface area contributed by atoms with E-state index in [2.05, 4.69) is 0 Å². The number of methoxy groups -OCH3 is 1. The van der Waals surface area contributed by atoms with Crippen LogP contribution < -0.4 is 10.5 Å². The van der Waals surface area contributed by atoms with Crippen LogP contribution in [0.5, 0.6) is 5.75 Å². The molecule has 2 aromatic carbocycles. The number of hydrogen-bond donors (Lipinski definition) is 2. The molecule has 0 bridgehead atoms. The number of nitrogens with zero attached hydrogens (tertiary/aromatic N) is 1. The van der Waals surface area contributed by atoms with Gasteiger partial charge in [0.2, 0.25) is 5.91 Å². The Bertz CT molecular complexity index is 878. The first-order chi connectivity index (χ1) is 13.4. The third kappa shape index (κ3) is 3.98. The number of amidine groups is 1. The molecule has 1 saturated heterocycles. The molecule has 1 aliphatic rings. The summed E-state index contributed by atoms with van der Waals surface area (Å²) in [5.41, 5.74) is 8.16. The highest BCUT2D eigenvalue weighted by Gasteiger charge is 2.42. The zero-order valence-corrected chi connectivity index (χ0v) is 15.8. The van der Waals surface area contributed by atoms with Gasteiger partial charge in [-0.1, -0.05) is 36.4 Å². The Morgan fingerprint density at radius 2 is 1.71 bits per heavy atom. The molecule has 1 fully saturated rings. The Balaban J connectivity index is 1.61. The van der Waals surface area contributed by atoms with Gasteiger partial charge in [0, 0.05) is 12.6 Å². The van der Waals surface area contributed by atoms with Gasteiger partial charge in [-0.15, -0.1) is 0 Å². The Morgan fingerprint density at radius 1 is 1.14 bits per heavy atom. The molecule has 1 amide bonds. The summed E-state index contributed by atoms with van der Waals surface area (Å²) >= 11 is 0. The lowest BCUT2D eigenvalue weighted by Crippen LogP contribution is -2.36. The van der Waals surface area contributed by atoms with Crippen LogP contribution in [0.4, 0.5) is 0 Å². The summed E-state index contributed by atoms with van der Waals surface area (Å²) < 4.78 is 10.5. The summed E-state index contributed by atoms with van der Waals surface area (Å²) in [6.45, 7) is 0.212. The lowest BCUT2D eigenvalue weighted by molar-refractivity contribution is -0.148. The van der Waals surface area contributed by atoms with E-state index in [9.17, 15) is 9.59 Å². The van der Waals surface area contributed by atoms with Gasteiger partial charge in [0.1, 0.15) is 17.6 Å². The van der Waals surface area contributed by atoms with Crippen molar-refractivity contribution in [3.05, 3.63) is 54.1 Å². The number of likely N-dealkylation sites (tertiary alicyclic amines) is 1. The van der Waals surface area contributed by atoms with Gasteiger partial charge < -0.3 is 20.1 Å². The number of likely N-dealkylation sites (N-methyl/N-ethyl adjacent to an activating group) is 1. The Hall–Kier alpha value is -3.35. The van der Waals surface area contributed by atoms with E-state index in [-0.39, 0.29) is 24.3 Å². The summed E-state index contributed by atoms with van der Waals surface area (Å²) in [5.74, 6) is -0.193. The number of nitrogens with two attached hydrogens (primary N) is 1. The molecule has 0 aromatic heterocycles. The molecule has 28 heavy (non-hydrogen) atoms. The van der Waals surface area contributed by atoms with E-state index in [1.165, 1.54) is 12.0 Å². The molecule has 7 nitrogen and oxygen atoms in total. The van der Waals surface area contributed by atoms with Crippen molar-refractivity contribution in [3.8, 4) is 16.9 Å². The van der Waals surface area contributed by atoms with Gasteiger partial charge in [0.15, 0.2) is 0 Å². The van der Waals surface area contributed by atoms with E-state index < -0.39 is 12.0 Å². The van der Waals surface area contributed by atoms with Gasteiger partial charge in [0.05, 0.1) is 19.6 Å². The molecule has 0 spiro atoms. The Morgan fingerprint density at radius 3 is 2.25 bits per heavy atom. The summed E-state index contributed by atoms with van der Waals surface area (Å²) in [4.78, 5) is 25.5. The zero-order valence-electron chi connectivity index (χ0n) is 15.8. The number of nitrogen functional groups attached to an aromatic ring is 1. The minimum Gasteiger partial charge on any atom is -0.493 e. The second-order valence-electron chi connectivity index (χ2n) is 6.75. The molecule has 1 heterocycles. The van der Waals surface area contributed by atoms with Gasteiger partial charge in [-0.2, -0.15) is 0 Å². The van der Waals surface area contributed by atoms with Crippen LogP contribution in [0.2, 0.25) is 0 Å². The van der Waals surface area contributed by atoms with Crippen molar-refractivity contribution in [2.24, 2.45) is 11.7 Å². The van der Waals surface area contributed by atoms with Crippen molar-refractivity contribution >= 4 is 17.7 Å². The number of hydrogen-bond acceptors (Lipinski definition) is 5. The zero-order chi connectivity index (χ0) is 20.3. The number of carbonyl (C=O) groups is 2. The summed E-state index contributed by atoms with van der Waals surface area (Å²) in [6, 6.07) is 14.4. The molecule has 2 atom stereocenters. The van der Waals surface area contributed by atoms with Crippen LogP contribution in [-0.2, 0) is 14.3 Å². The first-order valence-electron chi connectivity index (χ1n) is 8.93. The first-order valence-corrected chi connectivity index (χ1v) is 8.93. The highest BCUT2D eigenvalue weighted by atomic mass is 16.5. The van der Waals surface area contributed by atoms with Gasteiger partial charge >= 0.3 is 5.97 Å². The average Bonchev–Trinajstić information content (AvgIpc) is 3.00. The molecule has 0 saturated carbocycles. The van der Waals surface area contributed by atoms with E-state index in [1.807, 2.05) is 48.5 Å². The van der Waals surface area contributed by atoms with Crippen LogP contribution in [0.3, 0.4) is 0 Å². The third-order valence-electron chi connectivity index (χ3n) is 4.98. The summed E-state index contributed by atoms with van der Waals surface area (Å²) in [6.07, 6.45) is 0.391. The van der Waals surface area contributed by atoms with Crippen LogP contribution in [0.15, 0.2) is 48.5 Å². The molecule has 0 unspecified atom stereocenters. The molecule has 2 aromatic rings.